The number of hydrogen-bond acceptors (Lipinski definition) is 2. The van der Waals surface area contributed by atoms with Crippen molar-refractivity contribution in [3.63, 3.8) is 0 Å². The van der Waals surface area contributed by atoms with Crippen molar-refractivity contribution < 1.29 is 9.53 Å². The van der Waals surface area contributed by atoms with Gasteiger partial charge in [0.25, 0.3) is 0 Å². The lowest BCUT2D eigenvalue weighted by Gasteiger charge is -1.97. The molecule has 1 aliphatic rings. The number of ether oxygens (including phenoxy) is 1. The lowest BCUT2D eigenvalue weighted by Crippen LogP contribution is -2.01. The van der Waals surface area contributed by atoms with Gasteiger partial charge in [0.15, 0.2) is 0 Å². The molecule has 0 saturated carbocycles. The van der Waals surface area contributed by atoms with Gasteiger partial charge in [-0.3, -0.25) is 0 Å². The number of hydrogen-bond donors (Lipinski definition) is 0. The molecule has 1 heterocycles. The molecule has 54 valence electrons. The number of carbonyl (C=O) groups is 1. The van der Waals surface area contributed by atoms with Gasteiger partial charge in [-0.15, -0.1) is 0 Å². The first kappa shape index (κ1) is 6.16. The topological polar surface area (TPSA) is 26.3 Å². The Kier molecular flexibility index (Phi) is 1.25. The lowest BCUT2D eigenvalue weighted by atomic mass is 10.2. The summed E-state index contributed by atoms with van der Waals surface area (Å²) in [4.78, 5) is 10.8. The fourth-order valence-corrected chi connectivity index (χ4v) is 0.996. The lowest BCUT2D eigenvalue weighted by molar-refractivity contribution is -0.128. The van der Waals surface area contributed by atoms with Crippen molar-refractivity contribution in [3.8, 4) is 5.75 Å². The van der Waals surface area contributed by atoms with Crippen molar-refractivity contribution in [1.82, 2.24) is 0 Å². The molecule has 0 N–H and O–H groups in total. The van der Waals surface area contributed by atoms with Crippen LogP contribution < -0.4 is 4.74 Å². The van der Waals surface area contributed by atoms with E-state index in [1.165, 1.54) is 6.08 Å². The summed E-state index contributed by atoms with van der Waals surface area (Å²) in [6.07, 6.45) is 3.15. The summed E-state index contributed by atoms with van der Waals surface area (Å²) >= 11 is 0. The van der Waals surface area contributed by atoms with Crippen LogP contribution in [0.5, 0.6) is 5.75 Å². The van der Waals surface area contributed by atoms with Crippen LogP contribution in [-0.2, 0) is 4.79 Å². The number of benzene rings is 1. The van der Waals surface area contributed by atoms with Gasteiger partial charge in [0.2, 0.25) is 0 Å². The van der Waals surface area contributed by atoms with Gasteiger partial charge in [-0.1, -0.05) is 12.1 Å². The van der Waals surface area contributed by atoms with E-state index >= 15 is 0 Å². The normalized spacial score (nSPS) is 14.0. The number of carbonyl (C=O) groups excluding carboxylic acids is 1. The summed E-state index contributed by atoms with van der Waals surface area (Å²) in [6.45, 7) is 0. The molecule has 0 aliphatic carbocycles. The Hall–Kier alpha value is -1.57. The summed E-state index contributed by atoms with van der Waals surface area (Å²) in [5, 5.41) is 0. The molecule has 0 fully saturated rings. The van der Waals surface area contributed by atoms with E-state index in [0.717, 1.165) is 5.56 Å². The van der Waals surface area contributed by atoms with Gasteiger partial charge in [0.05, 0.1) is 0 Å². The standard InChI is InChI=1S/C9H6O2/c10-9-5-4-7-2-1-3-8(6-7)11-9/h1-6H. The second kappa shape index (κ2) is 2.23. The second-order valence-electron chi connectivity index (χ2n) is 2.33. The van der Waals surface area contributed by atoms with Crippen LogP contribution >= 0.6 is 0 Å². The molecule has 0 spiro atoms. The van der Waals surface area contributed by atoms with Gasteiger partial charge < -0.3 is 4.74 Å². The largest absolute Gasteiger partial charge is 0.423 e. The molecule has 1 aliphatic heterocycles. The summed E-state index contributed by atoms with van der Waals surface area (Å²) < 4.78 is 4.89. The summed E-state index contributed by atoms with van der Waals surface area (Å²) in [7, 11) is 0. The van der Waals surface area contributed by atoms with Crippen LogP contribution in [0.15, 0.2) is 30.3 Å². The summed E-state index contributed by atoms with van der Waals surface area (Å²) in [5.41, 5.74) is 0.994. The van der Waals surface area contributed by atoms with Crippen LogP contribution in [0.2, 0.25) is 0 Å². The highest BCUT2D eigenvalue weighted by Gasteiger charge is 2.04. The highest BCUT2D eigenvalue weighted by atomic mass is 16.5. The van der Waals surface area contributed by atoms with E-state index in [1.807, 2.05) is 18.2 Å². The molecule has 0 saturated heterocycles. The molecule has 1 aromatic rings. The minimum absolute atomic E-state index is 0.314. The van der Waals surface area contributed by atoms with E-state index in [-0.39, 0.29) is 5.97 Å². The monoisotopic (exact) mass is 146 g/mol. The Labute approximate surface area is 64.1 Å². The highest BCUT2D eigenvalue weighted by molar-refractivity contribution is 5.90. The van der Waals surface area contributed by atoms with Crippen molar-refractivity contribution in [2.45, 2.75) is 0 Å². The molecular weight excluding hydrogens is 140 g/mol. The van der Waals surface area contributed by atoms with E-state index < -0.39 is 0 Å². The zero-order chi connectivity index (χ0) is 7.68. The van der Waals surface area contributed by atoms with Gasteiger partial charge in [0.1, 0.15) is 5.75 Å². The Bertz CT molecular complexity index is 326. The third-order valence-electron chi connectivity index (χ3n) is 1.49. The van der Waals surface area contributed by atoms with Crippen LogP contribution in [0.1, 0.15) is 5.56 Å². The van der Waals surface area contributed by atoms with E-state index in [9.17, 15) is 4.79 Å². The van der Waals surface area contributed by atoms with Crippen LogP contribution in [0, 0.1) is 0 Å². The third kappa shape index (κ3) is 1.15. The molecule has 2 nitrogen and oxygen atoms in total. The molecule has 2 heteroatoms. The maximum absolute atomic E-state index is 10.8. The Morgan fingerprint density at radius 2 is 2.09 bits per heavy atom. The Morgan fingerprint density at radius 1 is 1.18 bits per heavy atom. The van der Waals surface area contributed by atoms with Gasteiger partial charge >= 0.3 is 5.97 Å². The Morgan fingerprint density at radius 3 is 3.00 bits per heavy atom. The molecule has 0 atom stereocenters. The SMILES string of the molecule is O=C1C=Cc2cccc(c2)O1. The first-order valence-corrected chi connectivity index (χ1v) is 3.34. The van der Waals surface area contributed by atoms with Crippen molar-refractivity contribution in [3.05, 3.63) is 35.9 Å². The fourth-order valence-electron chi connectivity index (χ4n) is 0.996. The highest BCUT2D eigenvalue weighted by Crippen LogP contribution is 2.17. The molecule has 11 heavy (non-hydrogen) atoms. The van der Waals surface area contributed by atoms with E-state index in [4.69, 9.17) is 4.74 Å². The smallest absolute Gasteiger partial charge is 0.336 e. The van der Waals surface area contributed by atoms with E-state index in [1.54, 1.807) is 12.1 Å². The quantitative estimate of drug-likeness (QED) is 0.410. The zero-order valence-electron chi connectivity index (χ0n) is 5.78. The molecule has 2 bridgehead atoms. The predicted molar refractivity (Wildman–Crippen MR) is 41.1 cm³/mol. The summed E-state index contributed by atoms with van der Waals surface area (Å²) in [5.74, 6) is 0.295. The average molecular weight is 146 g/mol. The average Bonchev–Trinajstić information content (AvgIpc) is 2.12. The first-order valence-electron chi connectivity index (χ1n) is 3.34. The van der Waals surface area contributed by atoms with Crippen molar-refractivity contribution >= 4 is 12.0 Å². The second-order valence-corrected chi connectivity index (χ2v) is 2.33. The van der Waals surface area contributed by atoms with Crippen LogP contribution in [0.3, 0.4) is 0 Å². The first-order chi connectivity index (χ1) is 5.34. The predicted octanol–water partition coefficient (Wildman–Crippen LogP) is 1.62. The van der Waals surface area contributed by atoms with Crippen LogP contribution in [0.4, 0.5) is 0 Å². The number of rotatable bonds is 0. The Balaban J connectivity index is 2.55. The maximum atomic E-state index is 10.8. The van der Waals surface area contributed by atoms with Crippen molar-refractivity contribution in [2.24, 2.45) is 0 Å². The fraction of sp³-hybridized carbons (Fsp3) is 0. The summed E-state index contributed by atoms with van der Waals surface area (Å²) in [6, 6.07) is 7.35. The zero-order valence-corrected chi connectivity index (χ0v) is 5.78. The van der Waals surface area contributed by atoms with Crippen molar-refractivity contribution in [2.75, 3.05) is 0 Å². The minimum atomic E-state index is -0.314. The number of fused-ring (bicyclic) bond motifs is 2. The molecule has 0 aromatic heterocycles. The van der Waals surface area contributed by atoms with Crippen molar-refractivity contribution in [1.29, 1.82) is 0 Å². The third-order valence-corrected chi connectivity index (χ3v) is 1.49. The molecular formula is C9H6O2. The van der Waals surface area contributed by atoms with E-state index in [0.29, 0.717) is 5.75 Å². The van der Waals surface area contributed by atoms with Gasteiger partial charge in [0, 0.05) is 6.08 Å². The molecule has 0 radical (unpaired) electrons. The van der Waals surface area contributed by atoms with Gasteiger partial charge in [-0.05, 0) is 23.8 Å². The van der Waals surface area contributed by atoms with Crippen LogP contribution in [-0.4, -0.2) is 5.97 Å². The minimum Gasteiger partial charge on any atom is -0.423 e. The van der Waals surface area contributed by atoms with E-state index in [2.05, 4.69) is 0 Å². The van der Waals surface area contributed by atoms with Gasteiger partial charge in [-0.2, -0.15) is 0 Å². The molecule has 1 aromatic carbocycles. The van der Waals surface area contributed by atoms with Gasteiger partial charge in [-0.25, -0.2) is 4.79 Å². The molecule has 0 amide bonds. The maximum Gasteiger partial charge on any atom is 0.336 e. The molecule has 2 rings (SSSR count). The molecule has 0 unspecified atom stereocenters. The number of esters is 1. The van der Waals surface area contributed by atoms with Crippen LogP contribution in [0.25, 0.3) is 6.08 Å².